The molecular formula is C13H15F3N2O2. The Bertz CT molecular complexity index is 473. The van der Waals surface area contributed by atoms with Crippen molar-refractivity contribution in [2.75, 3.05) is 19.7 Å². The van der Waals surface area contributed by atoms with E-state index in [1.807, 2.05) is 0 Å². The zero-order valence-corrected chi connectivity index (χ0v) is 10.7. The number of aliphatic hydroxyl groups is 1. The SMILES string of the molecule is O=C(c1ccc(C(F)(F)F)cn1)N1CCCC(CO)C1. The van der Waals surface area contributed by atoms with Gasteiger partial charge >= 0.3 is 6.18 Å². The topological polar surface area (TPSA) is 53.4 Å². The van der Waals surface area contributed by atoms with E-state index >= 15 is 0 Å². The second-order valence-electron chi connectivity index (χ2n) is 4.87. The van der Waals surface area contributed by atoms with Gasteiger partial charge in [0.25, 0.3) is 5.91 Å². The summed E-state index contributed by atoms with van der Waals surface area (Å²) < 4.78 is 37.2. The lowest BCUT2D eigenvalue weighted by atomic mass is 9.99. The van der Waals surface area contributed by atoms with Crippen LogP contribution in [0.4, 0.5) is 13.2 Å². The maximum atomic E-state index is 12.4. The summed E-state index contributed by atoms with van der Waals surface area (Å²) in [5, 5.41) is 9.11. The van der Waals surface area contributed by atoms with Crippen LogP contribution in [0.2, 0.25) is 0 Å². The molecule has 2 heterocycles. The van der Waals surface area contributed by atoms with E-state index < -0.39 is 17.6 Å². The first kappa shape index (κ1) is 14.8. The Morgan fingerprint density at radius 2 is 2.20 bits per heavy atom. The molecule has 1 saturated heterocycles. The van der Waals surface area contributed by atoms with Crippen molar-refractivity contribution in [3.8, 4) is 0 Å². The first-order chi connectivity index (χ1) is 9.41. The van der Waals surface area contributed by atoms with E-state index in [9.17, 15) is 18.0 Å². The molecule has 4 nitrogen and oxygen atoms in total. The average Bonchev–Trinajstić information content (AvgIpc) is 2.46. The van der Waals surface area contributed by atoms with Crippen molar-refractivity contribution in [2.24, 2.45) is 5.92 Å². The van der Waals surface area contributed by atoms with E-state index in [1.54, 1.807) is 0 Å². The molecule has 0 radical (unpaired) electrons. The van der Waals surface area contributed by atoms with E-state index in [2.05, 4.69) is 4.98 Å². The molecule has 1 aliphatic heterocycles. The molecule has 0 saturated carbocycles. The summed E-state index contributed by atoms with van der Waals surface area (Å²) in [5.41, 5.74) is -0.877. The first-order valence-electron chi connectivity index (χ1n) is 6.35. The smallest absolute Gasteiger partial charge is 0.396 e. The van der Waals surface area contributed by atoms with Crippen molar-refractivity contribution in [3.05, 3.63) is 29.6 Å². The summed E-state index contributed by atoms with van der Waals surface area (Å²) in [6, 6.07) is 1.95. The molecule has 0 bridgehead atoms. The fourth-order valence-electron chi connectivity index (χ4n) is 2.25. The number of nitrogens with zero attached hydrogens (tertiary/aromatic N) is 2. The van der Waals surface area contributed by atoms with Gasteiger partial charge in [-0.2, -0.15) is 13.2 Å². The minimum Gasteiger partial charge on any atom is -0.396 e. The zero-order chi connectivity index (χ0) is 14.8. The average molecular weight is 288 g/mol. The lowest BCUT2D eigenvalue weighted by Gasteiger charge is -2.31. The van der Waals surface area contributed by atoms with Crippen LogP contribution < -0.4 is 0 Å². The molecular weight excluding hydrogens is 273 g/mol. The fourth-order valence-corrected chi connectivity index (χ4v) is 2.25. The van der Waals surface area contributed by atoms with Gasteiger partial charge in [0.15, 0.2) is 0 Å². The number of rotatable bonds is 2. The van der Waals surface area contributed by atoms with Gasteiger partial charge < -0.3 is 10.0 Å². The summed E-state index contributed by atoms with van der Waals surface area (Å²) in [6.45, 7) is 0.959. The Hall–Kier alpha value is -1.63. The normalized spacial score (nSPS) is 20.0. The van der Waals surface area contributed by atoms with E-state index in [-0.39, 0.29) is 18.2 Å². The van der Waals surface area contributed by atoms with E-state index in [4.69, 9.17) is 5.11 Å². The van der Waals surface area contributed by atoms with E-state index in [0.29, 0.717) is 19.3 Å². The lowest BCUT2D eigenvalue weighted by Crippen LogP contribution is -2.41. The monoisotopic (exact) mass is 288 g/mol. The van der Waals surface area contributed by atoms with Crippen molar-refractivity contribution < 1.29 is 23.1 Å². The number of carbonyl (C=O) groups is 1. The number of pyridine rings is 1. The minimum absolute atomic E-state index is 0.00316. The van der Waals surface area contributed by atoms with Gasteiger partial charge in [0.05, 0.1) is 5.56 Å². The van der Waals surface area contributed by atoms with Crippen molar-refractivity contribution in [3.63, 3.8) is 0 Å². The van der Waals surface area contributed by atoms with Gasteiger partial charge in [-0.3, -0.25) is 9.78 Å². The van der Waals surface area contributed by atoms with Crippen LogP contribution in [0.5, 0.6) is 0 Å². The van der Waals surface area contributed by atoms with Gasteiger partial charge in [-0.1, -0.05) is 0 Å². The molecule has 1 unspecified atom stereocenters. The van der Waals surface area contributed by atoms with Gasteiger partial charge in [0.2, 0.25) is 0 Å². The van der Waals surface area contributed by atoms with Crippen LogP contribution in [0.1, 0.15) is 28.9 Å². The third kappa shape index (κ3) is 3.27. The van der Waals surface area contributed by atoms with Gasteiger partial charge in [-0.25, -0.2) is 0 Å². The zero-order valence-electron chi connectivity index (χ0n) is 10.7. The number of alkyl halides is 3. The van der Waals surface area contributed by atoms with Gasteiger partial charge in [-0.05, 0) is 30.9 Å². The van der Waals surface area contributed by atoms with Gasteiger partial charge in [0, 0.05) is 25.9 Å². The predicted octanol–water partition coefficient (Wildman–Crippen LogP) is 1.94. The van der Waals surface area contributed by atoms with Crippen LogP contribution in [0, 0.1) is 5.92 Å². The Labute approximate surface area is 114 Å². The third-order valence-electron chi connectivity index (χ3n) is 3.37. The highest BCUT2D eigenvalue weighted by molar-refractivity contribution is 5.92. The van der Waals surface area contributed by atoms with Crippen LogP contribution in [-0.4, -0.2) is 40.6 Å². The summed E-state index contributed by atoms with van der Waals surface area (Å²) in [7, 11) is 0. The number of aromatic nitrogens is 1. The molecule has 1 aromatic heterocycles. The molecule has 1 amide bonds. The number of hydrogen-bond donors (Lipinski definition) is 1. The molecule has 1 aromatic rings. The number of piperidine rings is 1. The highest BCUT2D eigenvalue weighted by Crippen LogP contribution is 2.28. The summed E-state index contributed by atoms with van der Waals surface area (Å²) in [6.07, 6.45) is -2.17. The minimum atomic E-state index is -4.46. The number of amides is 1. The van der Waals surface area contributed by atoms with Gasteiger partial charge in [-0.15, -0.1) is 0 Å². The number of aliphatic hydroxyl groups excluding tert-OH is 1. The first-order valence-corrected chi connectivity index (χ1v) is 6.35. The van der Waals surface area contributed by atoms with Crippen LogP contribution in [0.25, 0.3) is 0 Å². The van der Waals surface area contributed by atoms with Crippen LogP contribution in [0.15, 0.2) is 18.3 Å². The Balaban J connectivity index is 2.09. The molecule has 0 aromatic carbocycles. The maximum absolute atomic E-state index is 12.4. The highest BCUT2D eigenvalue weighted by Gasteiger charge is 2.31. The van der Waals surface area contributed by atoms with Crippen molar-refractivity contribution >= 4 is 5.91 Å². The van der Waals surface area contributed by atoms with Crippen LogP contribution in [-0.2, 0) is 6.18 Å². The highest BCUT2D eigenvalue weighted by atomic mass is 19.4. The number of halogens is 3. The molecule has 2 rings (SSSR count). The number of hydrogen-bond acceptors (Lipinski definition) is 3. The quantitative estimate of drug-likeness (QED) is 0.905. The summed E-state index contributed by atoms with van der Waals surface area (Å²) in [4.78, 5) is 17.2. The van der Waals surface area contributed by atoms with Crippen molar-refractivity contribution in [1.82, 2.24) is 9.88 Å². The van der Waals surface area contributed by atoms with Crippen LogP contribution >= 0.6 is 0 Å². The summed E-state index contributed by atoms with van der Waals surface area (Å²) in [5.74, 6) is -0.362. The second-order valence-corrected chi connectivity index (χ2v) is 4.87. The molecule has 0 spiro atoms. The maximum Gasteiger partial charge on any atom is 0.417 e. The molecule has 1 fully saturated rings. The molecule has 110 valence electrons. The standard InChI is InChI=1S/C13H15F3N2O2/c14-13(15,16)10-3-4-11(17-6-10)12(20)18-5-1-2-9(7-18)8-19/h3-4,6,9,19H,1-2,5,7-8H2. The van der Waals surface area contributed by atoms with Gasteiger partial charge in [0.1, 0.15) is 5.69 Å². The van der Waals surface area contributed by atoms with E-state index in [0.717, 1.165) is 25.0 Å². The van der Waals surface area contributed by atoms with Crippen LogP contribution in [0.3, 0.4) is 0 Å². The summed E-state index contributed by atoms with van der Waals surface area (Å²) >= 11 is 0. The van der Waals surface area contributed by atoms with Crippen molar-refractivity contribution in [1.29, 1.82) is 0 Å². The largest absolute Gasteiger partial charge is 0.417 e. The van der Waals surface area contributed by atoms with E-state index in [1.165, 1.54) is 4.90 Å². The number of carbonyl (C=O) groups excluding carboxylic acids is 1. The Morgan fingerprint density at radius 3 is 2.75 bits per heavy atom. The Morgan fingerprint density at radius 1 is 1.45 bits per heavy atom. The third-order valence-corrected chi connectivity index (χ3v) is 3.37. The molecule has 7 heteroatoms. The lowest BCUT2D eigenvalue weighted by molar-refractivity contribution is -0.137. The number of likely N-dealkylation sites (tertiary alicyclic amines) is 1. The predicted molar refractivity (Wildman–Crippen MR) is 65.0 cm³/mol. The molecule has 20 heavy (non-hydrogen) atoms. The molecule has 1 aliphatic rings. The van der Waals surface area contributed by atoms with Crippen molar-refractivity contribution in [2.45, 2.75) is 19.0 Å². The Kier molecular flexibility index (Phi) is 4.27. The molecule has 1 atom stereocenters. The molecule has 1 N–H and O–H groups in total. The molecule has 0 aliphatic carbocycles. The fraction of sp³-hybridized carbons (Fsp3) is 0.538. The second kappa shape index (κ2) is 5.78.